The lowest BCUT2D eigenvalue weighted by Gasteiger charge is -2.21. The van der Waals surface area contributed by atoms with E-state index in [1.807, 2.05) is 0 Å². The Morgan fingerprint density at radius 1 is 1.39 bits per heavy atom. The molecule has 2 N–H and O–H groups in total. The highest BCUT2D eigenvalue weighted by molar-refractivity contribution is 5.78. The van der Waals surface area contributed by atoms with E-state index in [1.54, 1.807) is 17.0 Å². The molecule has 0 spiro atoms. The van der Waals surface area contributed by atoms with E-state index in [4.69, 9.17) is 5.73 Å². The van der Waals surface area contributed by atoms with Crippen molar-refractivity contribution in [2.45, 2.75) is 26.2 Å². The van der Waals surface area contributed by atoms with E-state index in [0.29, 0.717) is 18.7 Å². The summed E-state index contributed by atoms with van der Waals surface area (Å²) < 4.78 is 13.0. The van der Waals surface area contributed by atoms with Crippen LogP contribution in [0.2, 0.25) is 0 Å². The molecule has 1 aromatic carbocycles. The molecule has 0 aliphatic rings. The third-order valence-electron chi connectivity index (χ3n) is 2.78. The zero-order chi connectivity index (χ0) is 13.4. The molecule has 0 aromatic heterocycles. The Morgan fingerprint density at radius 2 is 2.17 bits per heavy atom. The molecule has 1 amide bonds. The Hall–Kier alpha value is -1.42. The SMILES string of the molecule is CCCCN(CCN)C(=O)Cc1cccc(F)c1. The average molecular weight is 252 g/mol. The lowest BCUT2D eigenvalue weighted by atomic mass is 10.1. The second kappa shape index (κ2) is 7.82. The molecule has 0 atom stereocenters. The Morgan fingerprint density at radius 3 is 2.78 bits per heavy atom. The summed E-state index contributed by atoms with van der Waals surface area (Å²) in [7, 11) is 0. The van der Waals surface area contributed by atoms with Gasteiger partial charge in [-0.25, -0.2) is 4.39 Å². The predicted molar refractivity (Wildman–Crippen MR) is 70.6 cm³/mol. The van der Waals surface area contributed by atoms with Gasteiger partial charge in [0.25, 0.3) is 0 Å². The zero-order valence-electron chi connectivity index (χ0n) is 10.9. The molecular formula is C14H21FN2O. The van der Waals surface area contributed by atoms with Gasteiger partial charge in [-0.1, -0.05) is 25.5 Å². The molecule has 0 saturated heterocycles. The van der Waals surface area contributed by atoms with Gasteiger partial charge in [-0.15, -0.1) is 0 Å². The van der Waals surface area contributed by atoms with Crippen LogP contribution in [0.5, 0.6) is 0 Å². The fourth-order valence-corrected chi connectivity index (χ4v) is 1.80. The monoisotopic (exact) mass is 252 g/mol. The van der Waals surface area contributed by atoms with Crippen molar-refractivity contribution in [3.63, 3.8) is 0 Å². The molecule has 100 valence electrons. The van der Waals surface area contributed by atoms with Crippen molar-refractivity contribution >= 4 is 5.91 Å². The molecule has 0 fully saturated rings. The number of hydrogen-bond donors (Lipinski definition) is 1. The summed E-state index contributed by atoms with van der Waals surface area (Å²) in [5.41, 5.74) is 6.21. The first kappa shape index (κ1) is 14.6. The van der Waals surface area contributed by atoms with E-state index in [1.165, 1.54) is 12.1 Å². The Kier molecular flexibility index (Phi) is 6.36. The minimum absolute atomic E-state index is 0.0134. The lowest BCUT2D eigenvalue weighted by Crippen LogP contribution is -2.37. The highest BCUT2D eigenvalue weighted by Crippen LogP contribution is 2.07. The van der Waals surface area contributed by atoms with Crippen LogP contribution < -0.4 is 5.73 Å². The van der Waals surface area contributed by atoms with Gasteiger partial charge in [-0.2, -0.15) is 0 Å². The van der Waals surface area contributed by atoms with Gasteiger partial charge in [0.2, 0.25) is 5.91 Å². The van der Waals surface area contributed by atoms with E-state index in [-0.39, 0.29) is 18.1 Å². The van der Waals surface area contributed by atoms with E-state index in [9.17, 15) is 9.18 Å². The van der Waals surface area contributed by atoms with Crippen LogP contribution in [0.4, 0.5) is 4.39 Å². The number of carbonyl (C=O) groups excluding carboxylic acids is 1. The normalized spacial score (nSPS) is 10.4. The highest BCUT2D eigenvalue weighted by Gasteiger charge is 2.12. The fourth-order valence-electron chi connectivity index (χ4n) is 1.80. The van der Waals surface area contributed by atoms with Crippen molar-refractivity contribution in [1.29, 1.82) is 0 Å². The Bertz CT molecular complexity index is 382. The molecule has 4 heteroatoms. The molecule has 3 nitrogen and oxygen atoms in total. The number of carbonyl (C=O) groups is 1. The summed E-state index contributed by atoms with van der Waals surface area (Å²) in [5.74, 6) is -0.293. The van der Waals surface area contributed by atoms with Gasteiger partial charge >= 0.3 is 0 Å². The standard InChI is InChI=1S/C14H21FN2O/c1-2-3-8-17(9-7-16)14(18)11-12-5-4-6-13(15)10-12/h4-6,10H,2-3,7-9,11,16H2,1H3. The zero-order valence-corrected chi connectivity index (χ0v) is 10.9. The van der Waals surface area contributed by atoms with E-state index in [2.05, 4.69) is 6.92 Å². The summed E-state index contributed by atoms with van der Waals surface area (Å²) >= 11 is 0. The molecular weight excluding hydrogens is 231 g/mol. The first-order valence-electron chi connectivity index (χ1n) is 6.39. The summed E-state index contributed by atoms with van der Waals surface area (Å²) in [6.45, 7) is 3.83. The van der Waals surface area contributed by atoms with Gasteiger partial charge < -0.3 is 10.6 Å². The molecule has 0 bridgehead atoms. The number of rotatable bonds is 7. The van der Waals surface area contributed by atoms with Crippen molar-refractivity contribution in [1.82, 2.24) is 4.90 Å². The number of hydrogen-bond acceptors (Lipinski definition) is 2. The predicted octanol–water partition coefficient (Wildman–Crippen LogP) is 1.96. The number of nitrogens with zero attached hydrogens (tertiary/aromatic N) is 1. The maximum absolute atomic E-state index is 13.0. The lowest BCUT2D eigenvalue weighted by molar-refractivity contribution is -0.130. The molecule has 0 aliphatic heterocycles. The summed E-state index contributed by atoms with van der Waals surface area (Å²) in [6, 6.07) is 6.17. The topological polar surface area (TPSA) is 46.3 Å². The van der Waals surface area contributed by atoms with Crippen LogP contribution in [-0.2, 0) is 11.2 Å². The third-order valence-corrected chi connectivity index (χ3v) is 2.78. The number of unbranched alkanes of at least 4 members (excludes halogenated alkanes) is 1. The molecule has 0 heterocycles. The third kappa shape index (κ3) is 4.84. The molecule has 0 unspecified atom stereocenters. The van der Waals surface area contributed by atoms with Crippen molar-refractivity contribution in [3.8, 4) is 0 Å². The quantitative estimate of drug-likeness (QED) is 0.806. The molecule has 0 radical (unpaired) electrons. The van der Waals surface area contributed by atoms with Gasteiger partial charge in [-0.3, -0.25) is 4.79 Å². The highest BCUT2D eigenvalue weighted by atomic mass is 19.1. The first-order valence-corrected chi connectivity index (χ1v) is 6.39. The number of amides is 1. The van der Waals surface area contributed by atoms with Crippen LogP contribution >= 0.6 is 0 Å². The van der Waals surface area contributed by atoms with Crippen LogP contribution in [-0.4, -0.2) is 30.4 Å². The number of benzene rings is 1. The second-order valence-electron chi connectivity index (χ2n) is 4.33. The van der Waals surface area contributed by atoms with Gasteiger partial charge in [0.15, 0.2) is 0 Å². The van der Waals surface area contributed by atoms with E-state index in [0.717, 1.165) is 19.4 Å². The maximum atomic E-state index is 13.0. The number of halogens is 1. The van der Waals surface area contributed by atoms with Crippen LogP contribution in [0.15, 0.2) is 24.3 Å². The van der Waals surface area contributed by atoms with Crippen molar-refractivity contribution < 1.29 is 9.18 Å². The minimum atomic E-state index is -0.306. The second-order valence-corrected chi connectivity index (χ2v) is 4.33. The first-order chi connectivity index (χ1) is 8.67. The summed E-state index contributed by atoms with van der Waals surface area (Å²) in [6.07, 6.45) is 2.24. The number of nitrogens with two attached hydrogens (primary N) is 1. The van der Waals surface area contributed by atoms with E-state index < -0.39 is 0 Å². The van der Waals surface area contributed by atoms with Crippen molar-refractivity contribution in [2.24, 2.45) is 5.73 Å². The summed E-state index contributed by atoms with van der Waals surface area (Å²) in [5, 5.41) is 0. The largest absolute Gasteiger partial charge is 0.341 e. The minimum Gasteiger partial charge on any atom is -0.341 e. The molecule has 0 aliphatic carbocycles. The molecule has 18 heavy (non-hydrogen) atoms. The smallest absolute Gasteiger partial charge is 0.227 e. The maximum Gasteiger partial charge on any atom is 0.227 e. The Labute approximate surface area is 108 Å². The van der Waals surface area contributed by atoms with E-state index >= 15 is 0 Å². The van der Waals surface area contributed by atoms with Gasteiger partial charge in [0, 0.05) is 19.6 Å². The average Bonchev–Trinajstić information content (AvgIpc) is 2.34. The molecule has 1 rings (SSSR count). The van der Waals surface area contributed by atoms with Crippen LogP contribution in [0, 0.1) is 5.82 Å². The van der Waals surface area contributed by atoms with Crippen molar-refractivity contribution in [3.05, 3.63) is 35.6 Å². The molecule has 0 saturated carbocycles. The van der Waals surface area contributed by atoms with Crippen molar-refractivity contribution in [2.75, 3.05) is 19.6 Å². The summed E-state index contributed by atoms with van der Waals surface area (Å²) in [4.78, 5) is 13.8. The molecule has 1 aromatic rings. The van der Waals surface area contributed by atoms with Gasteiger partial charge in [0.1, 0.15) is 5.82 Å². The van der Waals surface area contributed by atoms with Crippen LogP contribution in [0.3, 0.4) is 0 Å². The van der Waals surface area contributed by atoms with Gasteiger partial charge in [0.05, 0.1) is 6.42 Å². The van der Waals surface area contributed by atoms with Gasteiger partial charge in [-0.05, 0) is 24.1 Å². The fraction of sp³-hybridized carbons (Fsp3) is 0.500. The Balaban J connectivity index is 2.60. The van der Waals surface area contributed by atoms with Crippen LogP contribution in [0.1, 0.15) is 25.3 Å². The van der Waals surface area contributed by atoms with Crippen LogP contribution in [0.25, 0.3) is 0 Å².